The Hall–Kier alpha value is -2.18. The summed E-state index contributed by atoms with van der Waals surface area (Å²) >= 11 is 1.72. The molecule has 6 heteroatoms. The first-order valence-electron chi connectivity index (χ1n) is 15.9. The van der Waals surface area contributed by atoms with Crippen LogP contribution in [-0.2, 0) is 12.0 Å². The first-order chi connectivity index (χ1) is 19.8. The van der Waals surface area contributed by atoms with Crippen LogP contribution in [0.3, 0.4) is 0 Å². The van der Waals surface area contributed by atoms with Crippen LogP contribution < -0.4 is 31.6 Å². The number of unbranched alkanes of at least 4 members (excludes halogenated alkanes) is 11. The van der Waals surface area contributed by atoms with Crippen LogP contribution >= 0.6 is 11.3 Å². The number of aryl methyl sites for hydroxylation is 1. The lowest BCUT2D eigenvalue weighted by Crippen LogP contribution is -3.00. The topological polar surface area (TPSA) is 42.2 Å². The fourth-order valence-electron chi connectivity index (χ4n) is 5.22. The van der Waals surface area contributed by atoms with Gasteiger partial charge in [0, 0.05) is 18.1 Å². The lowest BCUT2D eigenvalue weighted by Gasteiger charge is -2.23. The molecule has 1 aromatic heterocycles. The fourth-order valence-corrected chi connectivity index (χ4v) is 5.89. The molecule has 0 aliphatic carbocycles. The van der Waals surface area contributed by atoms with Crippen LogP contribution in [0.15, 0.2) is 54.0 Å². The van der Waals surface area contributed by atoms with Crippen molar-refractivity contribution in [3.8, 4) is 5.75 Å². The molecule has 0 spiro atoms. The third-order valence-electron chi connectivity index (χ3n) is 7.80. The maximum Gasteiger partial charge on any atom is 0.255 e. The largest absolute Gasteiger partial charge is 1.00 e. The maximum atomic E-state index is 13.4. The number of hydrogen-bond acceptors (Lipinski definition) is 3. The Morgan fingerprint density at radius 3 is 2.10 bits per heavy atom. The molecule has 0 fully saturated rings. The van der Waals surface area contributed by atoms with Crippen LogP contribution in [0.5, 0.6) is 5.75 Å². The predicted octanol–water partition coefficient (Wildman–Crippen LogP) is 7.03. The van der Waals surface area contributed by atoms with Gasteiger partial charge in [0.15, 0.2) is 12.7 Å². The fraction of sp³-hybridized carbons (Fsp3) is 0.556. The zero-order chi connectivity index (χ0) is 29.5. The van der Waals surface area contributed by atoms with E-state index in [0.717, 1.165) is 35.5 Å². The third-order valence-corrected chi connectivity index (χ3v) is 8.63. The molecule has 1 heterocycles. The van der Waals surface area contributed by atoms with Crippen LogP contribution in [0.1, 0.15) is 131 Å². The summed E-state index contributed by atoms with van der Waals surface area (Å²) in [5.74, 6) is 0.714. The number of nitrogens with one attached hydrogen (secondary N) is 1. The van der Waals surface area contributed by atoms with Crippen LogP contribution in [0.2, 0.25) is 0 Å². The van der Waals surface area contributed by atoms with E-state index in [-0.39, 0.29) is 28.3 Å². The summed E-state index contributed by atoms with van der Waals surface area (Å²) in [6.45, 7) is 12.4. The number of aromatic nitrogens is 1. The number of halogens is 1. The smallest absolute Gasteiger partial charge is 0.255 e. The number of benzene rings is 2. The van der Waals surface area contributed by atoms with Gasteiger partial charge in [-0.25, -0.2) is 0 Å². The highest BCUT2D eigenvalue weighted by Crippen LogP contribution is 2.33. The molecule has 1 N–H and O–H groups in total. The lowest BCUT2D eigenvalue weighted by atomic mass is 9.85. The molecule has 0 aliphatic heterocycles. The second kappa shape index (κ2) is 19.2. The minimum atomic E-state index is -0.111. The van der Waals surface area contributed by atoms with E-state index in [1.165, 1.54) is 75.6 Å². The number of para-hydroxylation sites is 1. The van der Waals surface area contributed by atoms with Gasteiger partial charge in [-0.15, -0.1) is 0 Å². The van der Waals surface area contributed by atoms with Crippen molar-refractivity contribution in [1.82, 2.24) is 0 Å². The van der Waals surface area contributed by atoms with Gasteiger partial charge in [-0.05, 0) is 35.6 Å². The van der Waals surface area contributed by atoms with Crippen molar-refractivity contribution in [2.45, 2.75) is 124 Å². The molecule has 0 aliphatic rings. The van der Waals surface area contributed by atoms with Gasteiger partial charge >= 0.3 is 0 Å². The quantitative estimate of drug-likeness (QED) is 0.118. The predicted molar refractivity (Wildman–Crippen MR) is 174 cm³/mol. The van der Waals surface area contributed by atoms with E-state index in [2.05, 4.69) is 68.2 Å². The molecule has 4 nitrogen and oxygen atoms in total. The van der Waals surface area contributed by atoms with Crippen molar-refractivity contribution in [2.24, 2.45) is 0 Å². The summed E-state index contributed by atoms with van der Waals surface area (Å²) in [6, 6.07) is 13.9. The van der Waals surface area contributed by atoms with Crippen molar-refractivity contribution in [2.75, 3.05) is 11.9 Å². The van der Waals surface area contributed by atoms with Gasteiger partial charge in [0.1, 0.15) is 5.75 Å². The van der Waals surface area contributed by atoms with Gasteiger partial charge in [-0.3, -0.25) is 4.79 Å². The molecule has 0 saturated heterocycles. The summed E-state index contributed by atoms with van der Waals surface area (Å²) < 4.78 is 8.53. The molecule has 3 aromatic rings. The molecule has 3 rings (SSSR count). The molecule has 0 atom stereocenters. The highest BCUT2D eigenvalue weighted by Gasteiger charge is 2.21. The zero-order valence-corrected chi connectivity index (χ0v) is 29.0. The Balaban J connectivity index is 0.00000616. The van der Waals surface area contributed by atoms with Crippen molar-refractivity contribution < 1.29 is 31.1 Å². The van der Waals surface area contributed by atoms with Gasteiger partial charge in [-0.2, -0.15) is 4.57 Å². The summed E-state index contributed by atoms with van der Waals surface area (Å²) in [5.41, 5.74) is 3.62. The number of ether oxygens (including phenoxy) is 1. The van der Waals surface area contributed by atoms with E-state index in [1.807, 2.05) is 30.3 Å². The summed E-state index contributed by atoms with van der Waals surface area (Å²) in [6.07, 6.45) is 18.0. The molecule has 2 aromatic carbocycles. The number of anilines is 1. The normalized spacial score (nSPS) is 11.3. The van der Waals surface area contributed by atoms with Gasteiger partial charge in [-0.1, -0.05) is 134 Å². The zero-order valence-electron chi connectivity index (χ0n) is 26.6. The summed E-state index contributed by atoms with van der Waals surface area (Å²) in [7, 11) is 0. The van der Waals surface area contributed by atoms with Gasteiger partial charge in [0.25, 0.3) is 5.91 Å². The third kappa shape index (κ3) is 12.2. The molecular formula is C36H53BrN2O2S. The Morgan fingerprint density at radius 2 is 1.50 bits per heavy atom. The highest BCUT2D eigenvalue weighted by atomic mass is 79.9. The van der Waals surface area contributed by atoms with Crippen LogP contribution in [0, 0.1) is 6.92 Å². The van der Waals surface area contributed by atoms with E-state index in [9.17, 15) is 4.79 Å². The Labute approximate surface area is 270 Å². The Kier molecular flexibility index (Phi) is 16.4. The molecule has 0 bridgehead atoms. The monoisotopic (exact) mass is 656 g/mol. The first kappa shape index (κ1) is 36.0. The van der Waals surface area contributed by atoms with Crippen molar-refractivity contribution >= 4 is 22.9 Å². The number of carbonyl (C=O) groups is 1. The van der Waals surface area contributed by atoms with Crippen molar-refractivity contribution in [3.05, 3.63) is 75.7 Å². The number of carbonyl (C=O) groups excluding carboxylic acids is 1. The first-order valence-corrected chi connectivity index (χ1v) is 16.8. The molecule has 0 saturated carbocycles. The molecule has 0 unspecified atom stereocenters. The number of amides is 1. The van der Waals surface area contributed by atoms with E-state index >= 15 is 0 Å². The number of thiazole rings is 1. The van der Waals surface area contributed by atoms with E-state index in [0.29, 0.717) is 12.2 Å². The summed E-state index contributed by atoms with van der Waals surface area (Å²) in [4.78, 5) is 13.4. The standard InChI is InChI=1S/C36H52N2O2S.BrH/c1-6-7-8-9-10-11-12-13-14-15-16-19-25-40-34-27-30(22-23-32(34)36(3,4)5)35(39)37-33-21-18-17-20-31(33)28-38-24-26-41-29(38)2;/h17-18,20-24,26-27H,6-16,19,25,28H2,1-5H3;1H. The average molecular weight is 658 g/mol. The second-order valence-electron chi connectivity index (χ2n) is 12.4. The van der Waals surface area contributed by atoms with Gasteiger partial charge in [0.05, 0.1) is 17.7 Å². The SMILES string of the molecule is CCCCCCCCCCCCCCOc1cc(C(=O)Nc2ccccc2C[n+]2ccsc2C)ccc1C(C)(C)C.[Br-]. The average Bonchev–Trinajstić information content (AvgIpc) is 3.35. The van der Waals surface area contributed by atoms with Crippen LogP contribution in [0.25, 0.3) is 0 Å². The molecule has 232 valence electrons. The lowest BCUT2D eigenvalue weighted by molar-refractivity contribution is -0.689. The summed E-state index contributed by atoms with van der Waals surface area (Å²) in [5, 5.41) is 6.48. The van der Waals surface area contributed by atoms with E-state index in [1.54, 1.807) is 11.3 Å². The minimum absolute atomic E-state index is 0. The Bertz CT molecular complexity index is 1200. The maximum absolute atomic E-state index is 13.4. The van der Waals surface area contributed by atoms with Crippen LogP contribution in [-0.4, -0.2) is 12.5 Å². The number of hydrogen-bond donors (Lipinski definition) is 1. The molecular weight excluding hydrogens is 604 g/mol. The van der Waals surface area contributed by atoms with Crippen molar-refractivity contribution in [3.63, 3.8) is 0 Å². The minimum Gasteiger partial charge on any atom is -1.00 e. The van der Waals surface area contributed by atoms with E-state index < -0.39 is 0 Å². The molecule has 0 radical (unpaired) electrons. The van der Waals surface area contributed by atoms with Gasteiger partial charge < -0.3 is 27.0 Å². The Morgan fingerprint density at radius 1 is 0.881 bits per heavy atom. The van der Waals surface area contributed by atoms with E-state index in [4.69, 9.17) is 4.74 Å². The molecule has 1 amide bonds. The van der Waals surface area contributed by atoms with Crippen molar-refractivity contribution in [1.29, 1.82) is 0 Å². The van der Waals surface area contributed by atoms with Crippen LogP contribution in [0.4, 0.5) is 5.69 Å². The highest BCUT2D eigenvalue weighted by molar-refractivity contribution is 7.09. The number of rotatable bonds is 18. The number of nitrogens with zero attached hydrogens (tertiary/aromatic N) is 1. The van der Waals surface area contributed by atoms with Gasteiger partial charge in [0.2, 0.25) is 5.01 Å². The second-order valence-corrected chi connectivity index (χ2v) is 13.5. The molecule has 42 heavy (non-hydrogen) atoms.